The number of amides is 1. The highest BCUT2D eigenvalue weighted by atomic mass is 32.1. The molecule has 0 fully saturated rings. The van der Waals surface area contributed by atoms with Gasteiger partial charge < -0.3 is 10.6 Å². The summed E-state index contributed by atoms with van der Waals surface area (Å²) in [7, 11) is 0. The van der Waals surface area contributed by atoms with Gasteiger partial charge in [-0.05, 0) is 60.7 Å². The van der Waals surface area contributed by atoms with E-state index in [9.17, 15) is 4.79 Å². The van der Waals surface area contributed by atoms with E-state index in [2.05, 4.69) is 55.9 Å². The zero-order chi connectivity index (χ0) is 20.7. The van der Waals surface area contributed by atoms with Crippen molar-refractivity contribution in [1.29, 1.82) is 0 Å². The molecule has 1 aliphatic carbocycles. The molecule has 2 aromatic heterocycles. The minimum atomic E-state index is -0.240. The lowest BCUT2D eigenvalue weighted by Crippen LogP contribution is -2.12. The Morgan fingerprint density at radius 2 is 1.70 bits per heavy atom. The molecule has 2 aromatic carbocycles. The zero-order valence-corrected chi connectivity index (χ0v) is 17.4. The van der Waals surface area contributed by atoms with E-state index in [0.29, 0.717) is 16.8 Å². The maximum absolute atomic E-state index is 12.7. The topological polar surface area (TPSA) is 79.8 Å². The summed E-state index contributed by atoms with van der Waals surface area (Å²) in [5.74, 6) is 0.239. The summed E-state index contributed by atoms with van der Waals surface area (Å²) in [5.41, 5.74) is 7.92. The van der Waals surface area contributed by atoms with E-state index in [1.807, 2.05) is 32.0 Å². The molecule has 0 radical (unpaired) electrons. The van der Waals surface area contributed by atoms with Crippen molar-refractivity contribution in [3.8, 4) is 11.1 Å². The monoisotopic (exact) mass is 413 g/mol. The molecule has 0 saturated heterocycles. The number of hydrogen-bond donors (Lipinski definition) is 2. The van der Waals surface area contributed by atoms with Crippen LogP contribution in [0.25, 0.3) is 11.1 Å². The number of carbonyl (C=O) groups is 1. The van der Waals surface area contributed by atoms with Crippen molar-refractivity contribution >= 4 is 34.0 Å². The van der Waals surface area contributed by atoms with Crippen molar-refractivity contribution in [3.63, 3.8) is 0 Å². The van der Waals surface area contributed by atoms with Gasteiger partial charge in [0.1, 0.15) is 5.69 Å². The second-order valence-corrected chi connectivity index (χ2v) is 8.16. The van der Waals surface area contributed by atoms with Gasteiger partial charge in [0.15, 0.2) is 5.13 Å². The Kier molecular flexibility index (Phi) is 4.52. The number of fused-ring (bicyclic) bond motifs is 3. The molecule has 0 aliphatic heterocycles. The number of benzene rings is 2. The van der Waals surface area contributed by atoms with Crippen LogP contribution >= 0.6 is 11.3 Å². The normalized spacial score (nSPS) is 11.7. The maximum atomic E-state index is 12.7. The molecular weight excluding hydrogens is 394 g/mol. The van der Waals surface area contributed by atoms with Crippen LogP contribution in [0.1, 0.15) is 33.0 Å². The Morgan fingerprint density at radius 3 is 2.53 bits per heavy atom. The Balaban J connectivity index is 1.30. The van der Waals surface area contributed by atoms with Crippen LogP contribution in [0.3, 0.4) is 0 Å². The predicted octanol–water partition coefficient (Wildman–Crippen LogP) is 5.12. The Hall–Kier alpha value is -3.58. The lowest BCUT2D eigenvalue weighted by molar-refractivity contribution is 0.102. The van der Waals surface area contributed by atoms with Crippen LogP contribution in [-0.4, -0.2) is 20.9 Å². The second kappa shape index (κ2) is 7.35. The summed E-state index contributed by atoms with van der Waals surface area (Å²) in [4.78, 5) is 25.8. The average Bonchev–Trinajstić information content (AvgIpc) is 3.31. The van der Waals surface area contributed by atoms with Crippen LogP contribution in [0.5, 0.6) is 0 Å². The summed E-state index contributed by atoms with van der Waals surface area (Å²) >= 11 is 1.34. The smallest absolute Gasteiger partial charge is 0.275 e. The van der Waals surface area contributed by atoms with E-state index in [4.69, 9.17) is 0 Å². The standard InChI is InChI=1S/C23H19N5OS/c1-13-9-14(2)25-22(24-13)28-23-27-20(12-30-23)21(29)26-17-7-8-19-16(11-17)10-15-5-3-4-6-18(15)19/h3-9,11-12H,10H2,1-2H3,(H,26,29)(H,24,25,27,28). The largest absolute Gasteiger partial charge is 0.321 e. The number of aromatic nitrogens is 3. The van der Waals surface area contributed by atoms with Crippen molar-refractivity contribution in [2.45, 2.75) is 20.3 Å². The van der Waals surface area contributed by atoms with Crippen LogP contribution in [-0.2, 0) is 6.42 Å². The van der Waals surface area contributed by atoms with E-state index in [1.165, 1.54) is 33.6 Å². The van der Waals surface area contributed by atoms with Gasteiger partial charge in [0.25, 0.3) is 5.91 Å². The summed E-state index contributed by atoms with van der Waals surface area (Å²) < 4.78 is 0. The zero-order valence-electron chi connectivity index (χ0n) is 16.6. The molecular formula is C23H19N5OS. The van der Waals surface area contributed by atoms with Gasteiger partial charge in [0, 0.05) is 22.5 Å². The quantitative estimate of drug-likeness (QED) is 0.428. The highest BCUT2D eigenvalue weighted by Gasteiger charge is 2.19. The molecule has 0 unspecified atom stereocenters. The molecule has 5 rings (SSSR count). The lowest BCUT2D eigenvalue weighted by atomic mass is 10.1. The predicted molar refractivity (Wildman–Crippen MR) is 120 cm³/mol. The van der Waals surface area contributed by atoms with Crippen molar-refractivity contribution < 1.29 is 4.79 Å². The fourth-order valence-corrected chi connectivity index (χ4v) is 4.42. The molecule has 1 aliphatic rings. The number of nitrogens with zero attached hydrogens (tertiary/aromatic N) is 3. The Morgan fingerprint density at radius 1 is 0.933 bits per heavy atom. The highest BCUT2D eigenvalue weighted by molar-refractivity contribution is 7.14. The number of nitrogens with one attached hydrogen (secondary N) is 2. The number of carbonyl (C=O) groups excluding carboxylic acids is 1. The van der Waals surface area contributed by atoms with Crippen molar-refractivity contribution in [2.24, 2.45) is 0 Å². The second-order valence-electron chi connectivity index (χ2n) is 7.30. The van der Waals surface area contributed by atoms with Crippen LogP contribution in [0, 0.1) is 13.8 Å². The molecule has 6 nitrogen and oxygen atoms in total. The molecule has 30 heavy (non-hydrogen) atoms. The van der Waals surface area contributed by atoms with E-state index >= 15 is 0 Å². The van der Waals surface area contributed by atoms with Crippen LogP contribution < -0.4 is 10.6 Å². The van der Waals surface area contributed by atoms with E-state index in [-0.39, 0.29) is 5.91 Å². The van der Waals surface area contributed by atoms with Gasteiger partial charge in [-0.1, -0.05) is 30.3 Å². The van der Waals surface area contributed by atoms with Crippen molar-refractivity contribution in [1.82, 2.24) is 15.0 Å². The third kappa shape index (κ3) is 3.55. The molecule has 0 atom stereocenters. The average molecular weight is 414 g/mol. The molecule has 148 valence electrons. The number of aryl methyl sites for hydroxylation is 2. The Bertz CT molecular complexity index is 1260. The molecule has 0 spiro atoms. The maximum Gasteiger partial charge on any atom is 0.275 e. The number of anilines is 3. The molecule has 4 aromatic rings. The third-order valence-corrected chi connectivity index (χ3v) is 5.75. The van der Waals surface area contributed by atoms with Gasteiger partial charge >= 0.3 is 0 Å². The molecule has 2 heterocycles. The van der Waals surface area contributed by atoms with Gasteiger partial charge in [-0.2, -0.15) is 0 Å². The third-order valence-electron chi connectivity index (χ3n) is 4.99. The first-order valence-electron chi connectivity index (χ1n) is 9.62. The SMILES string of the molecule is Cc1cc(C)nc(Nc2nc(C(=O)Nc3ccc4c(c3)Cc3ccccc3-4)cs2)n1. The first kappa shape index (κ1) is 18.4. The fraction of sp³-hybridized carbons (Fsp3) is 0.130. The van der Waals surface area contributed by atoms with Crippen LogP contribution in [0.4, 0.5) is 16.8 Å². The van der Waals surface area contributed by atoms with Crippen molar-refractivity contribution in [2.75, 3.05) is 10.6 Å². The number of rotatable bonds is 4. The molecule has 0 saturated carbocycles. The fourth-order valence-electron chi connectivity index (χ4n) is 3.73. The first-order valence-corrected chi connectivity index (χ1v) is 10.5. The summed E-state index contributed by atoms with van der Waals surface area (Å²) in [6.45, 7) is 3.82. The van der Waals surface area contributed by atoms with Crippen molar-refractivity contribution in [3.05, 3.63) is 82.1 Å². The van der Waals surface area contributed by atoms with Gasteiger partial charge in [-0.25, -0.2) is 15.0 Å². The van der Waals surface area contributed by atoms with Crippen LogP contribution in [0.15, 0.2) is 53.9 Å². The summed E-state index contributed by atoms with van der Waals surface area (Å²) in [5, 5.41) is 8.33. The van der Waals surface area contributed by atoms with E-state index in [1.54, 1.807) is 5.38 Å². The van der Waals surface area contributed by atoms with Gasteiger partial charge in [-0.3, -0.25) is 4.79 Å². The molecule has 2 N–H and O–H groups in total. The first-order chi connectivity index (χ1) is 14.5. The minimum Gasteiger partial charge on any atom is -0.321 e. The molecule has 0 bridgehead atoms. The van der Waals surface area contributed by atoms with E-state index < -0.39 is 0 Å². The van der Waals surface area contributed by atoms with Gasteiger partial charge in [0.05, 0.1) is 0 Å². The number of thiazole rings is 1. The molecule has 7 heteroatoms. The van der Waals surface area contributed by atoms with Crippen LogP contribution in [0.2, 0.25) is 0 Å². The van der Waals surface area contributed by atoms with Gasteiger partial charge in [-0.15, -0.1) is 11.3 Å². The Labute approximate surface area is 178 Å². The van der Waals surface area contributed by atoms with Gasteiger partial charge in [0.2, 0.25) is 5.95 Å². The number of hydrogen-bond acceptors (Lipinski definition) is 6. The summed E-state index contributed by atoms with van der Waals surface area (Å²) in [6, 6.07) is 16.4. The summed E-state index contributed by atoms with van der Waals surface area (Å²) in [6.07, 6.45) is 0.885. The highest BCUT2D eigenvalue weighted by Crippen LogP contribution is 2.37. The minimum absolute atomic E-state index is 0.240. The lowest BCUT2D eigenvalue weighted by Gasteiger charge is -2.06. The van der Waals surface area contributed by atoms with E-state index in [0.717, 1.165) is 23.5 Å². The molecule has 1 amide bonds.